The zero-order valence-corrected chi connectivity index (χ0v) is 13.8. The summed E-state index contributed by atoms with van der Waals surface area (Å²) in [6.07, 6.45) is -4.08. The molecule has 1 rings (SSSR count). The summed E-state index contributed by atoms with van der Waals surface area (Å²) in [7, 11) is 0.396. The van der Waals surface area contributed by atoms with Crippen LogP contribution in [-0.4, -0.2) is 29.7 Å². The first-order chi connectivity index (χ1) is 9.37. The van der Waals surface area contributed by atoms with Gasteiger partial charge in [-0.15, -0.1) is 0 Å². The second-order valence-corrected chi connectivity index (χ2v) is 4.53. The standard InChI is InChI=1S/C13H19F3O3Si/c1-3-17-12(19-20,18-4-2)9-10-5-7-11(8-6-10)13(14,15)16/h5-8H,3-4,9H2,1-2,20H3. The van der Waals surface area contributed by atoms with Crippen LogP contribution in [0.25, 0.3) is 0 Å². The zero-order chi connectivity index (χ0) is 15.2. The highest BCUT2D eigenvalue weighted by molar-refractivity contribution is 5.98. The van der Waals surface area contributed by atoms with E-state index < -0.39 is 17.7 Å². The van der Waals surface area contributed by atoms with Crippen molar-refractivity contribution in [3.63, 3.8) is 0 Å². The molecule has 0 saturated carbocycles. The van der Waals surface area contributed by atoms with Gasteiger partial charge in [0, 0.05) is 13.2 Å². The Kier molecular flexibility index (Phi) is 6.19. The molecule has 0 N–H and O–H groups in total. The molecule has 0 bridgehead atoms. The van der Waals surface area contributed by atoms with E-state index in [0.29, 0.717) is 29.3 Å². The van der Waals surface area contributed by atoms with E-state index in [1.807, 2.05) is 0 Å². The maximum absolute atomic E-state index is 12.5. The molecule has 3 nitrogen and oxygen atoms in total. The fraction of sp³-hybridized carbons (Fsp3) is 0.538. The molecule has 0 aromatic heterocycles. The number of ether oxygens (including phenoxy) is 2. The van der Waals surface area contributed by atoms with E-state index in [2.05, 4.69) is 0 Å². The molecule has 0 aliphatic heterocycles. The van der Waals surface area contributed by atoms with Crippen LogP contribution in [0.3, 0.4) is 0 Å². The fourth-order valence-corrected chi connectivity index (χ4v) is 2.22. The summed E-state index contributed by atoms with van der Waals surface area (Å²) in [6, 6.07) is 4.92. The number of hydrogen-bond acceptors (Lipinski definition) is 3. The van der Waals surface area contributed by atoms with Crippen molar-refractivity contribution in [2.45, 2.75) is 32.4 Å². The first-order valence-corrected chi connectivity index (χ1v) is 7.17. The molecule has 1 aromatic carbocycles. The normalized spacial score (nSPS) is 12.8. The maximum Gasteiger partial charge on any atom is 0.416 e. The Labute approximate surface area is 119 Å². The Morgan fingerprint density at radius 2 is 1.50 bits per heavy atom. The smallest absolute Gasteiger partial charge is 0.380 e. The summed E-state index contributed by atoms with van der Waals surface area (Å²) in [4.78, 5) is 0. The van der Waals surface area contributed by atoms with Crippen LogP contribution in [0.5, 0.6) is 0 Å². The maximum atomic E-state index is 12.5. The van der Waals surface area contributed by atoms with E-state index in [1.165, 1.54) is 12.1 Å². The van der Waals surface area contributed by atoms with Gasteiger partial charge in [-0.3, -0.25) is 0 Å². The Hall–Kier alpha value is -0.893. The van der Waals surface area contributed by atoms with Crippen LogP contribution >= 0.6 is 0 Å². The summed E-state index contributed by atoms with van der Waals surface area (Å²) in [5, 5.41) is 0. The van der Waals surface area contributed by atoms with Crippen LogP contribution in [0.4, 0.5) is 13.2 Å². The second kappa shape index (κ2) is 7.21. The number of rotatable bonds is 7. The molecule has 0 aliphatic carbocycles. The van der Waals surface area contributed by atoms with Gasteiger partial charge < -0.3 is 13.9 Å². The highest BCUT2D eigenvalue weighted by Gasteiger charge is 2.33. The molecule has 0 radical (unpaired) electrons. The summed E-state index contributed by atoms with van der Waals surface area (Å²) in [5.41, 5.74) is -0.0118. The van der Waals surface area contributed by atoms with Crippen LogP contribution in [-0.2, 0) is 26.5 Å². The Morgan fingerprint density at radius 1 is 1.00 bits per heavy atom. The number of alkyl halides is 3. The molecule has 0 spiro atoms. The van der Waals surface area contributed by atoms with Crippen molar-refractivity contribution in [3.05, 3.63) is 35.4 Å². The lowest BCUT2D eigenvalue weighted by atomic mass is 10.1. The lowest BCUT2D eigenvalue weighted by Crippen LogP contribution is -2.41. The van der Waals surface area contributed by atoms with Crippen molar-refractivity contribution < 1.29 is 27.1 Å². The molecule has 20 heavy (non-hydrogen) atoms. The van der Waals surface area contributed by atoms with Gasteiger partial charge in [0.1, 0.15) is 0 Å². The van der Waals surface area contributed by atoms with Gasteiger partial charge >= 0.3 is 6.18 Å². The topological polar surface area (TPSA) is 27.7 Å². The highest BCUT2D eigenvalue weighted by Crippen LogP contribution is 2.30. The van der Waals surface area contributed by atoms with Crippen molar-refractivity contribution in [3.8, 4) is 0 Å². The SMILES string of the molecule is CCOC(Cc1ccc(C(F)(F)F)cc1)(O[SiH3])OCC. The first-order valence-electron chi connectivity index (χ1n) is 6.36. The Morgan fingerprint density at radius 3 is 1.85 bits per heavy atom. The van der Waals surface area contributed by atoms with Crippen molar-refractivity contribution in [1.29, 1.82) is 0 Å². The predicted molar refractivity (Wildman–Crippen MR) is 72.2 cm³/mol. The van der Waals surface area contributed by atoms with Crippen LogP contribution in [0, 0.1) is 0 Å². The van der Waals surface area contributed by atoms with Crippen LogP contribution in [0.2, 0.25) is 0 Å². The largest absolute Gasteiger partial charge is 0.416 e. The zero-order valence-electron chi connectivity index (χ0n) is 11.8. The van der Waals surface area contributed by atoms with Gasteiger partial charge in [-0.25, -0.2) is 0 Å². The van der Waals surface area contributed by atoms with Gasteiger partial charge in [0.15, 0.2) is 10.5 Å². The van der Waals surface area contributed by atoms with E-state index in [4.69, 9.17) is 13.9 Å². The quantitative estimate of drug-likeness (QED) is 0.571. The summed E-state index contributed by atoms with van der Waals surface area (Å²) in [5.74, 6) is -1.20. The second-order valence-electron chi connectivity index (χ2n) is 4.12. The molecule has 7 heteroatoms. The van der Waals surface area contributed by atoms with Gasteiger partial charge in [-0.05, 0) is 31.5 Å². The molecule has 1 aromatic rings. The molecule has 0 heterocycles. The van der Waals surface area contributed by atoms with Crippen molar-refractivity contribution in [2.75, 3.05) is 13.2 Å². The molecule has 114 valence electrons. The average Bonchev–Trinajstić information content (AvgIpc) is 2.39. The Balaban J connectivity index is 2.88. The molecule has 0 saturated heterocycles. The number of hydrogen-bond donors (Lipinski definition) is 0. The monoisotopic (exact) mass is 308 g/mol. The highest BCUT2D eigenvalue weighted by atomic mass is 28.2. The first kappa shape index (κ1) is 17.2. The minimum Gasteiger partial charge on any atom is -0.380 e. The van der Waals surface area contributed by atoms with Gasteiger partial charge in [-0.2, -0.15) is 13.2 Å². The van der Waals surface area contributed by atoms with E-state index >= 15 is 0 Å². The lowest BCUT2D eigenvalue weighted by Gasteiger charge is -2.32. The summed E-state index contributed by atoms with van der Waals surface area (Å²) in [6.45, 7) is 4.40. The number of halogens is 3. The lowest BCUT2D eigenvalue weighted by molar-refractivity contribution is -0.339. The molecule has 0 amide bonds. The molecule has 0 atom stereocenters. The van der Waals surface area contributed by atoms with Crippen LogP contribution in [0.1, 0.15) is 25.0 Å². The van der Waals surface area contributed by atoms with Crippen molar-refractivity contribution >= 4 is 10.5 Å². The van der Waals surface area contributed by atoms with Gasteiger partial charge in [0.2, 0.25) is 0 Å². The predicted octanol–water partition coefficient (Wildman–Crippen LogP) is 2.27. The third kappa shape index (κ3) is 4.59. The molecular weight excluding hydrogens is 289 g/mol. The van der Waals surface area contributed by atoms with Gasteiger partial charge in [-0.1, -0.05) is 12.1 Å². The van der Waals surface area contributed by atoms with E-state index in [1.54, 1.807) is 13.8 Å². The Bertz CT molecular complexity index is 400. The molecule has 0 unspecified atom stereocenters. The molecule has 0 aliphatic rings. The summed E-state index contributed by atoms with van der Waals surface area (Å²) >= 11 is 0. The van der Waals surface area contributed by atoms with Crippen molar-refractivity contribution in [2.24, 2.45) is 0 Å². The van der Waals surface area contributed by atoms with Gasteiger partial charge in [0.25, 0.3) is 5.97 Å². The molecule has 0 fully saturated rings. The van der Waals surface area contributed by atoms with Gasteiger partial charge in [0.05, 0.1) is 12.0 Å². The van der Waals surface area contributed by atoms with E-state index in [0.717, 1.165) is 12.1 Å². The van der Waals surface area contributed by atoms with E-state index in [9.17, 15) is 13.2 Å². The average molecular weight is 308 g/mol. The minimum atomic E-state index is -4.33. The minimum absolute atomic E-state index is 0.246. The number of benzene rings is 1. The fourth-order valence-electron chi connectivity index (χ4n) is 1.84. The van der Waals surface area contributed by atoms with Crippen LogP contribution < -0.4 is 0 Å². The molecular formula is C13H19F3O3Si. The third-order valence-corrected chi connectivity index (χ3v) is 3.36. The van der Waals surface area contributed by atoms with Crippen molar-refractivity contribution in [1.82, 2.24) is 0 Å². The summed E-state index contributed by atoms with van der Waals surface area (Å²) < 4.78 is 53.9. The van der Waals surface area contributed by atoms with Crippen LogP contribution in [0.15, 0.2) is 24.3 Å². The van der Waals surface area contributed by atoms with E-state index in [-0.39, 0.29) is 6.42 Å². The third-order valence-electron chi connectivity index (χ3n) is 2.74.